The average molecular weight is 303 g/mol. The van der Waals surface area contributed by atoms with Crippen LogP contribution < -0.4 is 5.32 Å². The van der Waals surface area contributed by atoms with Crippen LogP contribution in [0.1, 0.15) is 24.8 Å². The molecule has 0 bridgehead atoms. The SMILES string of the molecule is COC(=O)C[C@@H]1CCCNC1.FC(F)(F)c1ccccc1. The summed E-state index contributed by atoms with van der Waals surface area (Å²) < 4.78 is 39.9. The molecule has 1 aromatic carbocycles. The van der Waals surface area contributed by atoms with Gasteiger partial charge in [0.2, 0.25) is 0 Å². The van der Waals surface area contributed by atoms with Gasteiger partial charge in [-0.2, -0.15) is 13.2 Å². The van der Waals surface area contributed by atoms with Crippen LogP contribution in [0.5, 0.6) is 0 Å². The van der Waals surface area contributed by atoms with E-state index in [2.05, 4.69) is 10.1 Å². The number of hydrogen-bond donors (Lipinski definition) is 1. The number of halogens is 3. The fourth-order valence-electron chi connectivity index (χ4n) is 2.04. The molecule has 1 N–H and O–H groups in total. The van der Waals surface area contributed by atoms with E-state index in [0.29, 0.717) is 12.3 Å². The van der Waals surface area contributed by atoms with Gasteiger partial charge in [0, 0.05) is 6.42 Å². The van der Waals surface area contributed by atoms with Gasteiger partial charge in [-0.05, 0) is 31.8 Å². The normalized spacial score (nSPS) is 18.4. The highest BCUT2D eigenvalue weighted by atomic mass is 19.4. The summed E-state index contributed by atoms with van der Waals surface area (Å²) in [7, 11) is 1.44. The molecule has 0 amide bonds. The Morgan fingerprint density at radius 3 is 2.43 bits per heavy atom. The first-order valence-electron chi connectivity index (χ1n) is 6.83. The van der Waals surface area contributed by atoms with Crippen LogP contribution in [0.15, 0.2) is 30.3 Å². The first-order valence-corrected chi connectivity index (χ1v) is 6.83. The molecule has 118 valence electrons. The summed E-state index contributed by atoms with van der Waals surface area (Å²) in [5.74, 6) is 0.412. The Bertz CT molecular complexity index is 415. The fourth-order valence-corrected chi connectivity index (χ4v) is 2.04. The molecular weight excluding hydrogens is 283 g/mol. The van der Waals surface area contributed by atoms with Crippen molar-refractivity contribution in [2.75, 3.05) is 20.2 Å². The number of benzene rings is 1. The molecule has 6 heteroatoms. The van der Waals surface area contributed by atoms with Crippen LogP contribution in [0.2, 0.25) is 0 Å². The van der Waals surface area contributed by atoms with Crippen LogP contribution in [0.3, 0.4) is 0 Å². The van der Waals surface area contributed by atoms with Crippen molar-refractivity contribution >= 4 is 5.97 Å². The Balaban J connectivity index is 0.000000211. The molecule has 0 aromatic heterocycles. The molecule has 0 radical (unpaired) electrons. The number of nitrogens with one attached hydrogen (secondary N) is 1. The summed E-state index contributed by atoms with van der Waals surface area (Å²) in [5.41, 5.74) is -0.602. The smallest absolute Gasteiger partial charge is 0.416 e. The van der Waals surface area contributed by atoms with Crippen LogP contribution in [-0.2, 0) is 15.7 Å². The average Bonchev–Trinajstić information content (AvgIpc) is 2.49. The number of alkyl halides is 3. The van der Waals surface area contributed by atoms with E-state index in [9.17, 15) is 18.0 Å². The van der Waals surface area contributed by atoms with Crippen LogP contribution in [0.4, 0.5) is 13.2 Å². The number of carbonyl (C=O) groups excluding carboxylic acids is 1. The van der Waals surface area contributed by atoms with Gasteiger partial charge in [-0.3, -0.25) is 4.79 Å². The van der Waals surface area contributed by atoms with Crippen LogP contribution >= 0.6 is 0 Å². The summed E-state index contributed by atoms with van der Waals surface area (Å²) in [4.78, 5) is 10.8. The van der Waals surface area contributed by atoms with Crippen molar-refractivity contribution in [2.45, 2.75) is 25.4 Å². The zero-order chi connectivity index (χ0) is 15.7. The van der Waals surface area contributed by atoms with Gasteiger partial charge in [-0.25, -0.2) is 0 Å². The van der Waals surface area contributed by atoms with E-state index in [1.807, 2.05) is 0 Å². The molecule has 1 atom stereocenters. The van der Waals surface area contributed by atoms with E-state index in [4.69, 9.17) is 0 Å². The van der Waals surface area contributed by atoms with Crippen molar-refractivity contribution in [1.29, 1.82) is 0 Å². The zero-order valence-corrected chi connectivity index (χ0v) is 12.0. The van der Waals surface area contributed by atoms with E-state index >= 15 is 0 Å². The van der Waals surface area contributed by atoms with E-state index in [-0.39, 0.29) is 5.97 Å². The lowest BCUT2D eigenvalue weighted by atomic mass is 9.96. The molecule has 1 aliphatic heterocycles. The van der Waals surface area contributed by atoms with Crippen LogP contribution in [0, 0.1) is 5.92 Å². The van der Waals surface area contributed by atoms with Crippen LogP contribution in [0.25, 0.3) is 0 Å². The third kappa shape index (κ3) is 7.13. The first kappa shape index (κ1) is 17.5. The lowest BCUT2D eigenvalue weighted by Crippen LogP contribution is -2.31. The molecule has 21 heavy (non-hydrogen) atoms. The molecule has 0 unspecified atom stereocenters. The largest absolute Gasteiger partial charge is 0.469 e. The third-order valence-electron chi connectivity index (χ3n) is 3.18. The quantitative estimate of drug-likeness (QED) is 0.852. The lowest BCUT2D eigenvalue weighted by Gasteiger charge is -2.21. The predicted octanol–water partition coefficient (Wildman–Crippen LogP) is 3.25. The molecule has 2 rings (SSSR count). The maximum absolute atomic E-state index is 11.8. The van der Waals surface area contributed by atoms with Gasteiger partial charge in [0.15, 0.2) is 0 Å². The molecule has 3 nitrogen and oxygen atoms in total. The number of hydrogen-bond acceptors (Lipinski definition) is 3. The maximum Gasteiger partial charge on any atom is 0.416 e. The second-order valence-electron chi connectivity index (χ2n) is 4.86. The Hall–Kier alpha value is -1.56. The Labute approximate surface area is 122 Å². The molecule has 1 heterocycles. The van der Waals surface area contributed by atoms with Crippen molar-refractivity contribution in [1.82, 2.24) is 5.32 Å². The molecule has 0 spiro atoms. The van der Waals surface area contributed by atoms with Crippen molar-refractivity contribution in [3.63, 3.8) is 0 Å². The van der Waals surface area contributed by atoms with Gasteiger partial charge in [0.05, 0.1) is 12.7 Å². The number of carbonyl (C=O) groups is 1. The number of methoxy groups -OCH3 is 1. The molecule has 1 aromatic rings. The summed E-state index contributed by atoms with van der Waals surface area (Å²) in [6, 6.07) is 6.36. The van der Waals surface area contributed by atoms with E-state index in [1.54, 1.807) is 6.07 Å². The maximum atomic E-state index is 11.8. The van der Waals surface area contributed by atoms with Gasteiger partial charge < -0.3 is 10.1 Å². The summed E-state index contributed by atoms with van der Waals surface area (Å²) in [5, 5.41) is 3.26. The summed E-state index contributed by atoms with van der Waals surface area (Å²) >= 11 is 0. The van der Waals surface area contributed by atoms with E-state index in [0.717, 1.165) is 31.6 Å². The predicted molar refractivity (Wildman–Crippen MR) is 73.7 cm³/mol. The molecule has 1 fully saturated rings. The van der Waals surface area contributed by atoms with Gasteiger partial charge >= 0.3 is 12.1 Å². The minimum Gasteiger partial charge on any atom is -0.469 e. The number of piperidine rings is 1. The molecule has 1 saturated heterocycles. The summed E-state index contributed by atoms with van der Waals surface area (Å²) in [6.07, 6.45) is -1.30. The van der Waals surface area contributed by atoms with Crippen molar-refractivity contribution in [3.8, 4) is 0 Å². The topological polar surface area (TPSA) is 38.3 Å². The lowest BCUT2D eigenvalue weighted by molar-refractivity contribution is -0.142. The minimum absolute atomic E-state index is 0.0845. The van der Waals surface area contributed by atoms with E-state index < -0.39 is 11.7 Å². The van der Waals surface area contributed by atoms with Crippen molar-refractivity contribution in [3.05, 3.63) is 35.9 Å². The monoisotopic (exact) mass is 303 g/mol. The number of rotatable bonds is 2. The fraction of sp³-hybridized carbons (Fsp3) is 0.533. The van der Waals surface area contributed by atoms with Crippen molar-refractivity contribution in [2.24, 2.45) is 5.92 Å². The zero-order valence-electron chi connectivity index (χ0n) is 12.0. The number of ether oxygens (including phenoxy) is 1. The summed E-state index contributed by atoms with van der Waals surface area (Å²) in [6.45, 7) is 2.06. The van der Waals surface area contributed by atoms with Crippen molar-refractivity contribution < 1.29 is 22.7 Å². The minimum atomic E-state index is -4.21. The highest BCUT2D eigenvalue weighted by Crippen LogP contribution is 2.28. The molecule has 0 aliphatic carbocycles. The van der Waals surface area contributed by atoms with Crippen LogP contribution in [-0.4, -0.2) is 26.2 Å². The highest BCUT2D eigenvalue weighted by molar-refractivity contribution is 5.69. The number of esters is 1. The third-order valence-corrected chi connectivity index (χ3v) is 3.18. The standard InChI is InChI=1S/C8H15NO2.C7H5F3/c1-11-8(10)5-7-3-2-4-9-6-7;8-7(9,10)6-4-2-1-3-5-6/h7,9H,2-6H2,1H3;1-5H/t7-;/m0./s1. The van der Waals surface area contributed by atoms with Gasteiger partial charge in [-0.1, -0.05) is 30.3 Å². The Morgan fingerprint density at radius 2 is 2.00 bits per heavy atom. The second-order valence-corrected chi connectivity index (χ2v) is 4.86. The Kier molecular flexibility index (Phi) is 7.22. The first-order chi connectivity index (χ1) is 9.93. The molecule has 0 saturated carbocycles. The molecular formula is C15H20F3NO2. The van der Waals surface area contributed by atoms with Gasteiger partial charge in [-0.15, -0.1) is 0 Å². The van der Waals surface area contributed by atoms with E-state index in [1.165, 1.54) is 25.7 Å². The highest BCUT2D eigenvalue weighted by Gasteiger charge is 2.29. The van der Waals surface area contributed by atoms with Gasteiger partial charge in [0.25, 0.3) is 0 Å². The van der Waals surface area contributed by atoms with Gasteiger partial charge in [0.1, 0.15) is 0 Å². The second kappa shape index (κ2) is 8.67. The molecule has 1 aliphatic rings. The Morgan fingerprint density at radius 1 is 1.33 bits per heavy atom.